The summed E-state index contributed by atoms with van der Waals surface area (Å²) in [6.45, 7) is 2.56. The summed E-state index contributed by atoms with van der Waals surface area (Å²) in [7, 11) is 3.50. The predicted molar refractivity (Wildman–Crippen MR) is 336 cm³/mol. The summed E-state index contributed by atoms with van der Waals surface area (Å²) in [5.74, 6) is -0.715. The van der Waals surface area contributed by atoms with Gasteiger partial charge in [-0.2, -0.15) is 0 Å². The number of nitrogens with one attached hydrogen (secondary N) is 2. The van der Waals surface area contributed by atoms with Gasteiger partial charge in [-0.25, -0.2) is 4.99 Å². The number of aliphatic hydroxyl groups is 6. The van der Waals surface area contributed by atoms with E-state index in [2.05, 4.69) is 22.5 Å². The van der Waals surface area contributed by atoms with Crippen molar-refractivity contribution in [1.82, 2.24) is 10.6 Å². The van der Waals surface area contributed by atoms with Crippen molar-refractivity contribution in [3.63, 3.8) is 0 Å². The summed E-state index contributed by atoms with van der Waals surface area (Å²) in [5.41, 5.74) is 12.3. The van der Waals surface area contributed by atoms with E-state index in [1.54, 1.807) is 31.4 Å². The monoisotopic (exact) mass is 1250 g/mol. The van der Waals surface area contributed by atoms with Gasteiger partial charge in [-0.3, -0.25) is 19.2 Å². The summed E-state index contributed by atoms with van der Waals surface area (Å²) < 4.78 is 31.3. The van der Waals surface area contributed by atoms with Gasteiger partial charge in [0.15, 0.2) is 29.9 Å². The van der Waals surface area contributed by atoms with Gasteiger partial charge in [0.1, 0.15) is 23.4 Å². The molecule has 0 aromatic heterocycles. The van der Waals surface area contributed by atoms with Crippen molar-refractivity contribution in [2.45, 2.75) is 183 Å². The fraction of sp³-hybridized carbons (Fsp3) is 0.529. The van der Waals surface area contributed by atoms with Gasteiger partial charge < -0.3 is 81.5 Å². The highest BCUT2D eigenvalue weighted by Gasteiger charge is 2.57. The van der Waals surface area contributed by atoms with Crippen LogP contribution in [0.2, 0.25) is 0 Å². The minimum Gasteiger partial charge on any atom is -0.507 e. The standard InChI is InChI=1S/C70H85N5O16/c1-37-64(83)70(85,86)65(88-36-48-32-68(75-67(72)74-48)25-6-5-11-45(68)24-26-87-4)66(89-37)91-63-51-13-8-12-47(71)21-22-49(79)28-40-10-7-9-39(27-40)15-23-50-54(90-38(2)78)30-44(34-76)55-56(50)62(82)57(51)58(61(55)81)60(80)52(63)29-43-17-16-42-18-20-46-19-14-41(33-73-3)31-69(46,84)59(42)53(43)35-77/h7,9-10,15-17,23,27,30,35,37,41,45-49,64-66,73,76,79-80,83-86H,5-6,11,13-14,18-22,24-26,28-29,31-34,36,71H2,1-4H3,(H3,72,74,75)/b23-15+/t37-,41+,45+,46-,47-,48-,49+,64+,65-,66+,68-,69-/m0/s1. The Hall–Kier alpha value is -6.91. The van der Waals surface area contributed by atoms with Crippen molar-refractivity contribution < 1.29 is 78.6 Å². The molecule has 2 aliphatic heterocycles. The lowest BCUT2D eigenvalue weighted by Crippen LogP contribution is -2.68. The maximum absolute atomic E-state index is 16.3. The highest BCUT2D eigenvalue weighted by atomic mass is 16.7. The molecular weight excluding hydrogens is 1170 g/mol. The van der Waals surface area contributed by atoms with Crippen LogP contribution in [0, 0.1) is 29.6 Å². The number of guanidine groups is 1. The molecule has 13 N–H and O–H groups in total. The van der Waals surface area contributed by atoms with Gasteiger partial charge in [0, 0.05) is 78.0 Å². The summed E-state index contributed by atoms with van der Waals surface area (Å²) in [4.78, 5) is 63.9. The van der Waals surface area contributed by atoms with E-state index in [1.807, 2.05) is 25.2 Å². The number of methoxy groups -OCH3 is 1. The number of carbonyl (C=O) groups excluding carboxylic acids is 4. The van der Waals surface area contributed by atoms with Crippen LogP contribution in [0.5, 0.6) is 17.2 Å². The van der Waals surface area contributed by atoms with Gasteiger partial charge >= 0.3 is 5.97 Å². The van der Waals surface area contributed by atoms with Crippen molar-refractivity contribution in [1.29, 1.82) is 0 Å². The minimum atomic E-state index is -3.13. The Morgan fingerprint density at radius 1 is 0.967 bits per heavy atom. The van der Waals surface area contributed by atoms with Crippen LogP contribution in [0.1, 0.15) is 183 Å². The zero-order valence-electron chi connectivity index (χ0n) is 52.1. The average molecular weight is 1250 g/mol. The van der Waals surface area contributed by atoms with Gasteiger partial charge in [0.25, 0.3) is 0 Å². The third-order valence-electron chi connectivity index (χ3n) is 20.2. The summed E-state index contributed by atoms with van der Waals surface area (Å²) in [6, 6.07) is 10.6. The number of fused-ring (bicyclic) bond motifs is 5. The van der Waals surface area contributed by atoms with Gasteiger partial charge in [0.05, 0.1) is 48.7 Å². The largest absolute Gasteiger partial charge is 0.507 e. The number of hydrogen-bond acceptors (Lipinski definition) is 21. The van der Waals surface area contributed by atoms with Crippen molar-refractivity contribution in [2.24, 2.45) is 34.2 Å². The molecule has 12 atom stereocenters. The first-order valence-corrected chi connectivity index (χ1v) is 32.0. The highest BCUT2D eigenvalue weighted by molar-refractivity contribution is 6.32. The van der Waals surface area contributed by atoms with Gasteiger partial charge in [0.2, 0.25) is 12.1 Å². The summed E-state index contributed by atoms with van der Waals surface area (Å²) >= 11 is 0. The van der Waals surface area contributed by atoms with Crippen LogP contribution in [0.25, 0.3) is 12.2 Å². The lowest BCUT2D eigenvalue weighted by atomic mass is 9.61. The number of nitrogens with zero attached hydrogens (tertiary/aromatic N) is 1. The van der Waals surface area contributed by atoms with E-state index >= 15 is 9.59 Å². The van der Waals surface area contributed by atoms with E-state index in [-0.39, 0.29) is 106 Å². The highest BCUT2D eigenvalue weighted by Crippen LogP contribution is 2.53. The van der Waals surface area contributed by atoms with E-state index in [0.29, 0.717) is 62.7 Å². The first kappa shape index (κ1) is 65.6. The van der Waals surface area contributed by atoms with E-state index in [1.165, 1.54) is 19.1 Å². The Balaban J connectivity index is 1.13. The second-order valence-corrected chi connectivity index (χ2v) is 26.1. The molecule has 3 fully saturated rings. The number of aromatic hydroxyl groups is 1. The number of carbonyl (C=O) groups is 4. The number of aldehydes is 1. The maximum Gasteiger partial charge on any atom is 0.308 e. The molecule has 2 heterocycles. The van der Waals surface area contributed by atoms with E-state index in [0.717, 1.165) is 56.6 Å². The first-order valence-electron chi connectivity index (χ1n) is 32.0. The molecule has 2 saturated carbocycles. The van der Waals surface area contributed by atoms with Crippen molar-refractivity contribution >= 4 is 41.9 Å². The smallest absolute Gasteiger partial charge is 0.308 e. The second kappa shape index (κ2) is 27.0. The van der Waals surface area contributed by atoms with Crippen molar-refractivity contribution in [2.75, 3.05) is 33.9 Å². The molecule has 0 unspecified atom stereocenters. The zero-order valence-corrected chi connectivity index (χ0v) is 52.1. The normalized spacial score (nSPS) is 29.6. The molecule has 91 heavy (non-hydrogen) atoms. The number of ketones is 2. The summed E-state index contributed by atoms with van der Waals surface area (Å²) in [6.07, 6.45) is 3.51. The van der Waals surface area contributed by atoms with Crippen LogP contribution >= 0.6 is 0 Å². The fourth-order valence-corrected chi connectivity index (χ4v) is 15.9. The quantitative estimate of drug-likeness (QED) is 0.0223. The number of aliphatic imine (C=N–C) groups is 1. The van der Waals surface area contributed by atoms with Crippen LogP contribution < -0.4 is 31.6 Å². The third-order valence-corrected chi connectivity index (χ3v) is 20.2. The molecule has 4 bridgehead atoms. The molecule has 7 aliphatic rings. The van der Waals surface area contributed by atoms with Gasteiger partial charge in [-0.05, 0) is 161 Å². The van der Waals surface area contributed by atoms with E-state index in [9.17, 15) is 45.3 Å². The number of nitrogens with two attached hydrogens (primary N) is 2. The molecule has 4 aromatic rings. The zero-order chi connectivity index (χ0) is 64.7. The van der Waals surface area contributed by atoms with Crippen molar-refractivity contribution in [3.05, 3.63) is 120 Å². The molecular formula is C70H85N5O16. The minimum absolute atomic E-state index is 0.0397. The van der Waals surface area contributed by atoms with E-state index < -0.39 is 114 Å². The predicted octanol–water partition coefficient (Wildman–Crippen LogP) is 4.69. The van der Waals surface area contributed by atoms with Gasteiger partial charge in [-0.15, -0.1) is 0 Å². The number of esters is 1. The summed E-state index contributed by atoms with van der Waals surface area (Å²) in [5, 5.41) is 91.7. The van der Waals surface area contributed by atoms with Crippen LogP contribution in [0.3, 0.4) is 0 Å². The van der Waals surface area contributed by atoms with Crippen molar-refractivity contribution in [3.8, 4) is 29.1 Å². The van der Waals surface area contributed by atoms with Crippen LogP contribution in [-0.2, 0) is 56.9 Å². The number of phenolic OH excluding ortho intramolecular Hbond substituents is 1. The molecule has 21 heteroatoms. The SMILES string of the molecule is CNC[C@@H]1CC[C@H]2CCc3ccc(Cc4c(O)c5c6c(c4O[C@H]4O[C@@H](C)[C@@H](O)C(O)(O)[C@H]4OC[C@@H]4C[C@]7(CCCC[C@@H]7CCOC)NC(N)=N4)CC#C[C@H](N)CC[C@@H](O)Cc4cccc(c4)/C=C/c4c(OC(C)=O)cc(CO)c(c4C6=O)C5=O)c(C=O)c3[C@]2(O)C1. The number of phenols is 1. The molecule has 0 amide bonds. The van der Waals surface area contributed by atoms with E-state index in [4.69, 9.17) is 40.1 Å². The Labute approximate surface area is 529 Å². The molecule has 486 valence electrons. The average Bonchev–Trinajstić information content (AvgIpc) is 0.725. The van der Waals surface area contributed by atoms with Crippen LogP contribution in [-0.4, -0.2) is 154 Å². The topological polar surface area (TPSA) is 344 Å². The Kier molecular flexibility index (Phi) is 19.4. The second-order valence-electron chi connectivity index (χ2n) is 26.1. The van der Waals surface area contributed by atoms with Crippen LogP contribution in [0.4, 0.5) is 0 Å². The number of aliphatic hydroxyl groups excluding tert-OH is 3. The fourth-order valence-electron chi connectivity index (χ4n) is 15.9. The Morgan fingerprint density at radius 2 is 1.77 bits per heavy atom. The molecule has 4 aromatic carbocycles. The number of rotatable bonds is 15. The lowest BCUT2D eigenvalue weighted by Gasteiger charge is -2.49. The number of benzene rings is 4. The third kappa shape index (κ3) is 12.7. The first-order chi connectivity index (χ1) is 43.6. The molecule has 0 radical (unpaired) electrons. The molecule has 1 saturated heterocycles. The van der Waals surface area contributed by atoms with Crippen LogP contribution in [0.15, 0.2) is 47.5 Å². The lowest BCUT2D eigenvalue weighted by molar-refractivity contribution is -0.379. The molecule has 5 aliphatic carbocycles. The molecule has 21 nitrogen and oxygen atoms in total. The molecule has 11 rings (SSSR count). The Bertz CT molecular complexity index is 3610. The number of aryl methyl sites for hydroxylation is 1. The number of ether oxygens (including phenoxy) is 5. The Morgan fingerprint density at radius 3 is 2.53 bits per heavy atom. The molecule has 1 spiro atoms. The van der Waals surface area contributed by atoms with Gasteiger partial charge in [-0.1, -0.05) is 67.2 Å². The maximum atomic E-state index is 16.3. The number of hydrogen-bond donors (Lipinski definition) is 11.